The Labute approximate surface area is 482 Å². The van der Waals surface area contributed by atoms with E-state index in [-0.39, 0.29) is 38.6 Å². The van der Waals surface area contributed by atoms with Crippen molar-refractivity contribution in [1.29, 1.82) is 0 Å². The lowest BCUT2D eigenvalue weighted by Gasteiger charge is -2.26. The van der Waals surface area contributed by atoms with Crippen LogP contribution >= 0.6 is 0 Å². The highest BCUT2D eigenvalue weighted by Crippen LogP contribution is 2.18. The number of hydrogen-bond donors (Lipinski definition) is 0. The van der Waals surface area contributed by atoms with Crippen molar-refractivity contribution in [3.63, 3.8) is 0 Å². The molecule has 0 bridgehead atoms. The molecule has 0 radical (unpaired) electrons. The van der Waals surface area contributed by atoms with Crippen LogP contribution in [0.5, 0.6) is 0 Å². The number of rotatable bonds is 61. The van der Waals surface area contributed by atoms with E-state index in [4.69, 9.17) is 18.9 Å². The number of unbranched alkanes of at least 4 members (excludes halogenated alkanes) is 37. The lowest BCUT2D eigenvalue weighted by Crippen LogP contribution is -2.44. The average Bonchev–Trinajstić information content (AvgIpc) is 3.41. The zero-order valence-electron chi connectivity index (χ0n) is 51.8. The maximum Gasteiger partial charge on any atom is 0.310 e. The summed E-state index contributed by atoms with van der Waals surface area (Å²) in [6, 6.07) is 0. The number of allylic oxidation sites excluding steroid dienone is 9. The molecule has 0 heterocycles. The Kier molecular flexibility index (Phi) is 57.8. The first-order valence-corrected chi connectivity index (χ1v) is 32.9. The highest BCUT2D eigenvalue weighted by molar-refractivity contribution is 5.71. The minimum absolute atomic E-state index is 0.0155. The summed E-state index contributed by atoms with van der Waals surface area (Å²) in [5.41, 5.74) is 0. The van der Waals surface area contributed by atoms with Gasteiger partial charge < -0.3 is 33.3 Å². The highest BCUT2D eigenvalue weighted by Gasteiger charge is 2.21. The van der Waals surface area contributed by atoms with Crippen molar-refractivity contribution < 1.29 is 42.9 Å². The molecule has 0 amide bonds. The van der Waals surface area contributed by atoms with Gasteiger partial charge in [0.2, 0.25) is 0 Å². The fourth-order valence-electron chi connectivity index (χ4n) is 9.56. The second kappa shape index (κ2) is 60.1. The smallest absolute Gasteiger partial charge is 0.310 e. The first-order chi connectivity index (χ1) is 38.1. The van der Waals surface area contributed by atoms with E-state index in [1.807, 2.05) is 33.3 Å². The number of nitrogens with zero attached hydrogens (tertiary/aromatic N) is 1. The van der Waals surface area contributed by atoms with Crippen LogP contribution in [0.25, 0.3) is 0 Å². The second-order valence-corrected chi connectivity index (χ2v) is 23.4. The van der Waals surface area contributed by atoms with Gasteiger partial charge in [0.05, 0.1) is 46.7 Å². The molecule has 0 aliphatic carbocycles. The molecule has 454 valence electrons. The minimum Gasteiger partial charge on any atom is -0.545 e. The first kappa shape index (κ1) is 75.0. The molecular weight excluding hydrogens is 971 g/mol. The maximum absolute atomic E-state index is 12.8. The summed E-state index contributed by atoms with van der Waals surface area (Å²) in [5, 5.41) is 11.8. The summed E-state index contributed by atoms with van der Waals surface area (Å²) < 4.78 is 22.5. The number of ether oxygens (including phenoxy) is 4. The van der Waals surface area contributed by atoms with Gasteiger partial charge in [-0.3, -0.25) is 9.59 Å². The lowest BCUT2D eigenvalue weighted by atomic mass is 10.0. The summed E-state index contributed by atoms with van der Waals surface area (Å²) in [7, 11) is 5.89. The van der Waals surface area contributed by atoms with Crippen molar-refractivity contribution in [1.82, 2.24) is 0 Å². The largest absolute Gasteiger partial charge is 0.545 e. The summed E-state index contributed by atoms with van der Waals surface area (Å²) in [4.78, 5) is 37.2. The van der Waals surface area contributed by atoms with Gasteiger partial charge in [-0.25, -0.2) is 0 Å². The Balaban J connectivity index is 3.97. The van der Waals surface area contributed by atoms with Crippen molar-refractivity contribution in [2.75, 3.05) is 47.5 Å². The average molecular weight is 1100 g/mol. The number of hydrogen-bond acceptors (Lipinski definition) is 8. The molecule has 9 nitrogen and oxygen atoms in total. The molecule has 0 N–H and O–H groups in total. The number of carboxylic acids is 1. The van der Waals surface area contributed by atoms with Crippen molar-refractivity contribution in [2.45, 2.75) is 315 Å². The van der Waals surface area contributed by atoms with Crippen molar-refractivity contribution in [3.05, 3.63) is 60.8 Å². The van der Waals surface area contributed by atoms with Gasteiger partial charge in [0.15, 0.2) is 12.4 Å². The fourth-order valence-corrected chi connectivity index (χ4v) is 9.56. The van der Waals surface area contributed by atoms with Crippen molar-refractivity contribution in [3.8, 4) is 0 Å². The van der Waals surface area contributed by atoms with Crippen LogP contribution in [0.15, 0.2) is 60.8 Å². The molecule has 0 fully saturated rings. The second-order valence-electron chi connectivity index (χ2n) is 23.4. The molecule has 0 aromatic rings. The van der Waals surface area contributed by atoms with Gasteiger partial charge in [0.1, 0.15) is 13.2 Å². The quantitative estimate of drug-likeness (QED) is 0.0195. The van der Waals surface area contributed by atoms with Gasteiger partial charge in [-0.2, -0.15) is 0 Å². The molecule has 2 unspecified atom stereocenters. The number of carboxylic acid groups (broad SMARTS) is 1. The third-order valence-electron chi connectivity index (χ3n) is 14.6. The van der Waals surface area contributed by atoms with E-state index in [1.54, 1.807) is 6.08 Å². The molecule has 0 spiro atoms. The molecular formula is C69H125NO8. The predicted molar refractivity (Wildman–Crippen MR) is 329 cm³/mol. The van der Waals surface area contributed by atoms with Crippen LogP contribution in [0, 0.1) is 0 Å². The van der Waals surface area contributed by atoms with Gasteiger partial charge in [-0.15, -0.1) is 0 Å². The molecule has 0 saturated carbocycles. The van der Waals surface area contributed by atoms with E-state index in [1.165, 1.54) is 225 Å². The van der Waals surface area contributed by atoms with Crippen LogP contribution in [-0.2, 0) is 33.3 Å². The molecule has 0 aliphatic rings. The third-order valence-corrected chi connectivity index (χ3v) is 14.6. The van der Waals surface area contributed by atoms with Crippen LogP contribution in [0.4, 0.5) is 0 Å². The normalized spacial score (nSPS) is 13.1. The van der Waals surface area contributed by atoms with E-state index in [0.29, 0.717) is 17.4 Å². The summed E-state index contributed by atoms with van der Waals surface area (Å²) in [6.07, 6.45) is 75.2. The maximum atomic E-state index is 12.8. The molecule has 9 heteroatoms. The lowest BCUT2D eigenvalue weighted by molar-refractivity contribution is -0.870. The minimum atomic E-state index is -1.65. The standard InChI is InChI=1S/C69H125NO8/c1-6-8-10-12-14-16-18-20-22-23-24-25-26-27-28-29-30-31-32-33-34-35-36-37-38-39-40-41-42-43-44-46-47-49-51-53-55-57-59-66(71)76-63-65(64-77-69(68(73)74)75-62-61-70(3,4)5)78-67(72)60-58-56-54-52-50-48-45-21-19-17-15-13-11-9-7-2/h9,11,15,17,21,45,50,52,56,58,65,69H,6-8,10,12-14,16,18-20,22-44,46-49,51,53-55,57,59-64H2,1-5H3/b11-9-,17-15-,45-21-,52-50-,58-56-. The number of carbonyl (C=O) groups excluding carboxylic acids is 3. The molecule has 2 atom stereocenters. The van der Waals surface area contributed by atoms with E-state index in [9.17, 15) is 19.5 Å². The van der Waals surface area contributed by atoms with Gasteiger partial charge in [0.25, 0.3) is 0 Å². The summed E-state index contributed by atoms with van der Waals surface area (Å²) >= 11 is 0. The van der Waals surface area contributed by atoms with Gasteiger partial charge in [-0.1, -0.05) is 312 Å². The predicted octanol–water partition coefficient (Wildman–Crippen LogP) is 18.6. The SMILES string of the molecule is CC/C=C\C/C=C\C/C=C\C/C=C\C/C=C\CC(=O)OC(COC(=O)CCCCCCCCCCCCCCCCCCCCCCCCCCCCCCCCCCCCCCCC)COC(OCC[N+](C)(C)C)C(=O)[O-]. The Morgan fingerprint density at radius 1 is 0.397 bits per heavy atom. The molecule has 0 aromatic heterocycles. The molecule has 0 aliphatic heterocycles. The van der Waals surface area contributed by atoms with E-state index in [2.05, 4.69) is 56.4 Å². The number of carbonyl (C=O) groups is 3. The van der Waals surface area contributed by atoms with Crippen LogP contribution in [-0.4, -0.2) is 82.3 Å². The third kappa shape index (κ3) is 60.6. The summed E-state index contributed by atoms with van der Waals surface area (Å²) in [5.74, 6) is -2.44. The van der Waals surface area contributed by atoms with Crippen LogP contribution < -0.4 is 5.11 Å². The number of esters is 2. The van der Waals surface area contributed by atoms with Gasteiger partial charge in [-0.05, 0) is 38.5 Å². The van der Waals surface area contributed by atoms with E-state index < -0.39 is 24.3 Å². The van der Waals surface area contributed by atoms with E-state index >= 15 is 0 Å². The molecule has 0 saturated heterocycles. The zero-order valence-corrected chi connectivity index (χ0v) is 51.8. The first-order valence-electron chi connectivity index (χ1n) is 32.9. The molecule has 0 rings (SSSR count). The van der Waals surface area contributed by atoms with Crippen LogP contribution in [0.3, 0.4) is 0 Å². The number of likely N-dealkylation sites (N-methyl/N-ethyl adjacent to an activating group) is 1. The van der Waals surface area contributed by atoms with E-state index in [0.717, 1.165) is 44.9 Å². The van der Waals surface area contributed by atoms with Gasteiger partial charge >= 0.3 is 11.9 Å². The Morgan fingerprint density at radius 3 is 1.04 bits per heavy atom. The van der Waals surface area contributed by atoms with Crippen molar-refractivity contribution in [2.24, 2.45) is 0 Å². The zero-order chi connectivity index (χ0) is 56.9. The van der Waals surface area contributed by atoms with Gasteiger partial charge in [0, 0.05) is 6.42 Å². The highest BCUT2D eigenvalue weighted by atomic mass is 16.7. The monoisotopic (exact) mass is 1100 g/mol. The molecule has 0 aromatic carbocycles. The van der Waals surface area contributed by atoms with Crippen LogP contribution in [0.1, 0.15) is 303 Å². The number of quaternary nitrogens is 1. The Bertz CT molecular complexity index is 1460. The van der Waals surface area contributed by atoms with Crippen LogP contribution in [0.2, 0.25) is 0 Å². The summed E-state index contributed by atoms with van der Waals surface area (Å²) in [6.45, 7) is 4.55. The Hall–Kier alpha value is -3.01. The topological polar surface area (TPSA) is 111 Å². The Morgan fingerprint density at radius 2 is 0.718 bits per heavy atom. The fraction of sp³-hybridized carbons (Fsp3) is 0.812. The molecule has 78 heavy (non-hydrogen) atoms. The number of aliphatic carboxylic acids is 1. The van der Waals surface area contributed by atoms with Crippen molar-refractivity contribution >= 4 is 17.9 Å².